The molecule has 3 aromatic rings. The van der Waals surface area contributed by atoms with Gasteiger partial charge in [-0.15, -0.1) is 0 Å². The Morgan fingerprint density at radius 3 is 2.79 bits per heavy atom. The highest BCUT2D eigenvalue weighted by Crippen LogP contribution is 2.24. The molecule has 0 aliphatic carbocycles. The third kappa shape index (κ3) is 4.30. The smallest absolute Gasteiger partial charge is 0.241 e. The fraction of sp³-hybridized carbons (Fsp3) is 0.273. The summed E-state index contributed by atoms with van der Waals surface area (Å²) in [7, 11) is 1.51. The molecule has 29 heavy (non-hydrogen) atoms. The number of anilines is 1. The van der Waals surface area contributed by atoms with E-state index >= 15 is 0 Å². The number of rotatable bonds is 6. The maximum Gasteiger partial charge on any atom is 0.241 e. The normalized spacial score (nSPS) is 16.7. The van der Waals surface area contributed by atoms with Crippen molar-refractivity contribution in [1.29, 1.82) is 0 Å². The van der Waals surface area contributed by atoms with Gasteiger partial charge in [-0.05, 0) is 55.8 Å². The topological polar surface area (TPSA) is 59.4 Å². The van der Waals surface area contributed by atoms with Crippen LogP contribution in [0.15, 0.2) is 60.9 Å². The third-order valence-corrected chi connectivity index (χ3v) is 5.20. The highest BCUT2D eigenvalue weighted by molar-refractivity contribution is 5.95. The van der Waals surface area contributed by atoms with Crippen LogP contribution in [-0.4, -0.2) is 40.3 Å². The molecule has 1 amide bonds. The lowest BCUT2D eigenvalue weighted by atomic mass is 10.1. The molecule has 1 aliphatic rings. The molecule has 0 bridgehead atoms. The van der Waals surface area contributed by atoms with Crippen LogP contribution < -0.4 is 10.1 Å². The second-order valence-electron chi connectivity index (χ2n) is 7.07. The summed E-state index contributed by atoms with van der Waals surface area (Å²) in [6.07, 6.45) is 5.25. The summed E-state index contributed by atoms with van der Waals surface area (Å²) in [5.74, 6) is 0.105. The molecule has 150 valence electrons. The highest BCUT2D eigenvalue weighted by Gasteiger charge is 2.31. The average molecular weight is 394 g/mol. The standard InChI is InChI=1S/C22H23FN4O2/c1-29-19-10-5-16(20(23)14-19)15-26-12-2-4-21(26)22(28)25-17-6-8-18(9-7-17)27-13-3-11-24-27/h3,5-11,13-14,21H,2,4,12,15H2,1H3,(H,25,28). The van der Waals surface area contributed by atoms with E-state index in [4.69, 9.17) is 4.74 Å². The molecule has 2 aromatic carbocycles. The molecule has 1 aliphatic heterocycles. The van der Waals surface area contributed by atoms with Gasteiger partial charge in [-0.25, -0.2) is 9.07 Å². The highest BCUT2D eigenvalue weighted by atomic mass is 19.1. The average Bonchev–Trinajstić information content (AvgIpc) is 3.42. The monoisotopic (exact) mass is 394 g/mol. The Labute approximate surface area is 168 Å². The van der Waals surface area contributed by atoms with Crippen LogP contribution >= 0.6 is 0 Å². The maximum absolute atomic E-state index is 14.3. The first kappa shape index (κ1) is 19.1. The van der Waals surface area contributed by atoms with Crippen molar-refractivity contribution >= 4 is 11.6 Å². The maximum atomic E-state index is 14.3. The lowest BCUT2D eigenvalue weighted by molar-refractivity contribution is -0.120. The van der Waals surface area contributed by atoms with Crippen LogP contribution in [0.1, 0.15) is 18.4 Å². The van der Waals surface area contributed by atoms with E-state index in [9.17, 15) is 9.18 Å². The number of methoxy groups -OCH3 is 1. The first-order valence-corrected chi connectivity index (χ1v) is 9.61. The van der Waals surface area contributed by atoms with Crippen molar-refractivity contribution in [3.8, 4) is 11.4 Å². The first-order chi connectivity index (χ1) is 14.1. The Balaban J connectivity index is 1.41. The number of benzene rings is 2. The molecule has 2 heterocycles. The largest absolute Gasteiger partial charge is 0.497 e. The minimum Gasteiger partial charge on any atom is -0.497 e. The van der Waals surface area contributed by atoms with Crippen LogP contribution in [0.5, 0.6) is 5.75 Å². The molecule has 7 heteroatoms. The van der Waals surface area contributed by atoms with Gasteiger partial charge in [0.05, 0.1) is 18.8 Å². The summed E-state index contributed by atoms with van der Waals surface area (Å²) in [6, 6.07) is 13.9. The molecule has 1 unspecified atom stereocenters. The molecule has 1 fully saturated rings. The molecule has 0 saturated carbocycles. The van der Waals surface area contributed by atoms with Crippen LogP contribution in [0, 0.1) is 5.82 Å². The van der Waals surface area contributed by atoms with E-state index in [1.54, 1.807) is 23.0 Å². The zero-order valence-corrected chi connectivity index (χ0v) is 16.2. The van der Waals surface area contributed by atoms with Crippen LogP contribution in [0.3, 0.4) is 0 Å². The number of ether oxygens (including phenoxy) is 1. The molecule has 1 N–H and O–H groups in total. The van der Waals surface area contributed by atoms with Gasteiger partial charge < -0.3 is 10.1 Å². The minimum atomic E-state index is -0.315. The van der Waals surface area contributed by atoms with Crippen molar-refractivity contribution in [2.75, 3.05) is 19.0 Å². The Bertz CT molecular complexity index is 973. The number of carbonyl (C=O) groups is 1. The predicted octanol–water partition coefficient (Wildman–Crippen LogP) is 3.62. The van der Waals surface area contributed by atoms with Crippen LogP contribution in [0.2, 0.25) is 0 Å². The van der Waals surface area contributed by atoms with Gasteiger partial charge in [0.15, 0.2) is 0 Å². The number of hydrogen-bond acceptors (Lipinski definition) is 4. The second kappa shape index (κ2) is 8.45. The van der Waals surface area contributed by atoms with Crippen LogP contribution in [0.25, 0.3) is 5.69 Å². The lowest BCUT2D eigenvalue weighted by Crippen LogP contribution is -2.39. The van der Waals surface area contributed by atoms with Crippen molar-refractivity contribution in [3.05, 3.63) is 72.3 Å². The van der Waals surface area contributed by atoms with Crippen molar-refractivity contribution in [2.24, 2.45) is 0 Å². The Morgan fingerprint density at radius 1 is 1.28 bits per heavy atom. The molecule has 1 saturated heterocycles. The summed E-state index contributed by atoms with van der Waals surface area (Å²) in [5.41, 5.74) is 2.22. The fourth-order valence-electron chi connectivity index (χ4n) is 3.66. The molecular weight excluding hydrogens is 371 g/mol. The van der Waals surface area contributed by atoms with Gasteiger partial charge in [-0.3, -0.25) is 9.69 Å². The molecule has 6 nitrogen and oxygen atoms in total. The van der Waals surface area contributed by atoms with Crippen molar-refractivity contribution < 1.29 is 13.9 Å². The second-order valence-corrected chi connectivity index (χ2v) is 7.07. The fourth-order valence-corrected chi connectivity index (χ4v) is 3.66. The summed E-state index contributed by atoms with van der Waals surface area (Å²) in [4.78, 5) is 14.9. The number of likely N-dealkylation sites (tertiary alicyclic amines) is 1. The summed E-state index contributed by atoms with van der Waals surface area (Å²) < 4.78 is 21.1. The summed E-state index contributed by atoms with van der Waals surface area (Å²) in [6.45, 7) is 1.16. The van der Waals surface area contributed by atoms with Crippen LogP contribution in [-0.2, 0) is 11.3 Å². The van der Waals surface area contributed by atoms with Crippen LogP contribution in [0.4, 0.5) is 10.1 Å². The molecule has 1 aromatic heterocycles. The Hall–Kier alpha value is -3.19. The van der Waals surface area contributed by atoms with Crippen molar-refractivity contribution in [1.82, 2.24) is 14.7 Å². The van der Waals surface area contributed by atoms with E-state index < -0.39 is 0 Å². The zero-order valence-electron chi connectivity index (χ0n) is 16.2. The number of nitrogens with zero attached hydrogens (tertiary/aromatic N) is 3. The van der Waals surface area contributed by atoms with Gasteiger partial charge in [-0.2, -0.15) is 5.10 Å². The zero-order chi connectivity index (χ0) is 20.2. The summed E-state index contributed by atoms with van der Waals surface area (Å²) >= 11 is 0. The third-order valence-electron chi connectivity index (χ3n) is 5.20. The Kier molecular flexibility index (Phi) is 5.57. The number of halogens is 1. The first-order valence-electron chi connectivity index (χ1n) is 9.61. The summed E-state index contributed by atoms with van der Waals surface area (Å²) in [5, 5.41) is 7.17. The van der Waals surface area contributed by atoms with E-state index in [1.165, 1.54) is 13.2 Å². The number of hydrogen-bond donors (Lipinski definition) is 1. The number of aromatic nitrogens is 2. The molecule has 0 spiro atoms. The Morgan fingerprint density at radius 2 is 2.10 bits per heavy atom. The molecule has 0 radical (unpaired) electrons. The SMILES string of the molecule is COc1ccc(CN2CCCC2C(=O)Nc2ccc(-n3cccn3)cc2)c(F)c1. The van der Waals surface area contributed by atoms with Crippen molar-refractivity contribution in [3.63, 3.8) is 0 Å². The number of amides is 1. The van der Waals surface area contributed by atoms with E-state index in [0.717, 1.165) is 30.8 Å². The molecule has 4 rings (SSSR count). The van der Waals surface area contributed by atoms with E-state index in [2.05, 4.69) is 10.4 Å². The van der Waals surface area contributed by atoms with Gasteiger partial charge in [0.25, 0.3) is 0 Å². The minimum absolute atomic E-state index is 0.0664. The van der Waals surface area contributed by atoms with Gasteiger partial charge in [0.2, 0.25) is 5.91 Å². The predicted molar refractivity (Wildman–Crippen MR) is 109 cm³/mol. The van der Waals surface area contributed by atoms with Gasteiger partial charge in [-0.1, -0.05) is 6.07 Å². The quantitative estimate of drug-likeness (QED) is 0.694. The van der Waals surface area contributed by atoms with Gasteiger partial charge >= 0.3 is 0 Å². The molecular formula is C22H23FN4O2. The van der Waals surface area contributed by atoms with Crippen molar-refractivity contribution in [2.45, 2.75) is 25.4 Å². The molecule has 1 atom stereocenters. The number of carbonyl (C=O) groups excluding carboxylic acids is 1. The van der Waals surface area contributed by atoms with E-state index in [1.807, 2.05) is 41.4 Å². The van der Waals surface area contributed by atoms with E-state index in [-0.39, 0.29) is 17.8 Å². The van der Waals surface area contributed by atoms with E-state index in [0.29, 0.717) is 17.9 Å². The lowest BCUT2D eigenvalue weighted by Gasteiger charge is -2.24. The van der Waals surface area contributed by atoms with Gasteiger partial charge in [0, 0.05) is 36.3 Å². The van der Waals surface area contributed by atoms with Gasteiger partial charge in [0.1, 0.15) is 11.6 Å². The number of nitrogens with one attached hydrogen (secondary N) is 1.